The number of nitrogens with one attached hydrogen (secondary N) is 1. The monoisotopic (exact) mass is 285 g/mol. The molecule has 0 aliphatic heterocycles. The molecular formula is C17H19NO3. The molecular weight excluding hydrogens is 266 g/mol. The van der Waals surface area contributed by atoms with E-state index in [0.29, 0.717) is 5.56 Å². The molecule has 0 heterocycles. The van der Waals surface area contributed by atoms with Crippen LogP contribution >= 0.6 is 0 Å². The van der Waals surface area contributed by atoms with E-state index in [-0.39, 0.29) is 17.4 Å². The van der Waals surface area contributed by atoms with E-state index in [2.05, 4.69) is 5.32 Å². The van der Waals surface area contributed by atoms with Crippen LogP contribution in [0.5, 0.6) is 5.75 Å². The van der Waals surface area contributed by atoms with Crippen LogP contribution in [0.1, 0.15) is 40.0 Å². The molecule has 3 N–H and O–H groups in total. The Kier molecular flexibility index (Phi) is 4.17. The quantitative estimate of drug-likeness (QED) is 0.797. The number of phenolic OH excluding ortho intramolecular Hbond substituents is 1. The summed E-state index contributed by atoms with van der Waals surface area (Å²) in [5, 5.41) is 22.4. The molecule has 0 saturated heterocycles. The van der Waals surface area contributed by atoms with Crippen molar-refractivity contribution in [3.05, 3.63) is 58.7 Å². The van der Waals surface area contributed by atoms with Gasteiger partial charge in [-0.1, -0.05) is 18.2 Å². The van der Waals surface area contributed by atoms with E-state index in [9.17, 15) is 9.90 Å². The highest BCUT2D eigenvalue weighted by molar-refractivity contribution is 5.91. The van der Waals surface area contributed by atoms with Gasteiger partial charge in [0.15, 0.2) is 0 Å². The Labute approximate surface area is 124 Å². The summed E-state index contributed by atoms with van der Waals surface area (Å²) in [7, 11) is 0. The van der Waals surface area contributed by atoms with Gasteiger partial charge in [-0.3, -0.25) is 0 Å². The lowest BCUT2D eigenvalue weighted by Gasteiger charge is -2.19. The molecule has 1 unspecified atom stereocenters. The number of hydrogen-bond acceptors (Lipinski definition) is 3. The fraction of sp³-hybridized carbons (Fsp3) is 0.235. The molecule has 4 nitrogen and oxygen atoms in total. The number of anilines is 1. The lowest BCUT2D eigenvalue weighted by molar-refractivity contribution is 0.0696. The summed E-state index contributed by atoms with van der Waals surface area (Å²) in [5.74, 6) is -0.705. The molecule has 0 amide bonds. The lowest BCUT2D eigenvalue weighted by atomic mass is 10.0. The van der Waals surface area contributed by atoms with Crippen molar-refractivity contribution in [3.63, 3.8) is 0 Å². The fourth-order valence-corrected chi connectivity index (χ4v) is 2.35. The third kappa shape index (κ3) is 3.16. The van der Waals surface area contributed by atoms with Gasteiger partial charge in [0, 0.05) is 11.3 Å². The molecule has 0 aromatic heterocycles. The van der Waals surface area contributed by atoms with Gasteiger partial charge in [-0.25, -0.2) is 4.79 Å². The second kappa shape index (κ2) is 5.87. The van der Waals surface area contributed by atoms with Crippen molar-refractivity contribution in [2.75, 3.05) is 5.32 Å². The number of benzene rings is 2. The van der Waals surface area contributed by atoms with Gasteiger partial charge in [-0.15, -0.1) is 0 Å². The molecule has 0 fully saturated rings. The number of carboxylic acid groups (broad SMARTS) is 1. The molecule has 0 radical (unpaired) electrons. The smallest absolute Gasteiger partial charge is 0.336 e. The molecule has 2 aromatic carbocycles. The van der Waals surface area contributed by atoms with Crippen LogP contribution in [0.25, 0.3) is 0 Å². The van der Waals surface area contributed by atoms with Crippen LogP contribution < -0.4 is 5.32 Å². The average Bonchev–Trinajstić information content (AvgIpc) is 2.40. The topological polar surface area (TPSA) is 69.6 Å². The third-order valence-electron chi connectivity index (χ3n) is 3.59. The van der Waals surface area contributed by atoms with Crippen LogP contribution in [-0.4, -0.2) is 16.2 Å². The predicted octanol–water partition coefficient (Wildman–Crippen LogP) is 3.88. The minimum Gasteiger partial charge on any atom is -0.508 e. The van der Waals surface area contributed by atoms with Gasteiger partial charge in [0.25, 0.3) is 0 Å². The molecule has 2 rings (SSSR count). The first-order valence-corrected chi connectivity index (χ1v) is 6.79. The van der Waals surface area contributed by atoms with E-state index in [1.54, 1.807) is 25.1 Å². The van der Waals surface area contributed by atoms with E-state index >= 15 is 0 Å². The van der Waals surface area contributed by atoms with Gasteiger partial charge in [0.2, 0.25) is 0 Å². The van der Waals surface area contributed by atoms with Gasteiger partial charge in [0.05, 0.1) is 11.6 Å². The number of rotatable bonds is 4. The van der Waals surface area contributed by atoms with E-state index in [0.717, 1.165) is 16.8 Å². The van der Waals surface area contributed by atoms with E-state index in [1.165, 1.54) is 0 Å². The number of carbonyl (C=O) groups is 1. The summed E-state index contributed by atoms with van der Waals surface area (Å²) in [6, 6.07) is 10.5. The maximum Gasteiger partial charge on any atom is 0.336 e. The summed E-state index contributed by atoms with van der Waals surface area (Å²) in [5.41, 5.74) is 3.49. The molecule has 0 aliphatic rings. The van der Waals surface area contributed by atoms with Gasteiger partial charge in [0.1, 0.15) is 5.75 Å². The first-order chi connectivity index (χ1) is 9.90. The number of phenols is 1. The molecule has 21 heavy (non-hydrogen) atoms. The fourth-order valence-electron chi connectivity index (χ4n) is 2.35. The first kappa shape index (κ1) is 14.9. The molecule has 110 valence electrons. The Bertz CT molecular complexity index is 680. The van der Waals surface area contributed by atoms with Gasteiger partial charge < -0.3 is 15.5 Å². The van der Waals surface area contributed by atoms with Crippen molar-refractivity contribution in [2.24, 2.45) is 0 Å². The molecule has 0 bridgehead atoms. The number of aromatic hydroxyl groups is 1. The van der Waals surface area contributed by atoms with Crippen molar-refractivity contribution < 1.29 is 15.0 Å². The van der Waals surface area contributed by atoms with Gasteiger partial charge in [-0.2, -0.15) is 0 Å². The SMILES string of the molecule is Cc1ccc(C(C)Nc2cccc(C(=O)O)c2C)c(O)c1. The summed E-state index contributed by atoms with van der Waals surface area (Å²) >= 11 is 0. The number of hydrogen-bond donors (Lipinski definition) is 3. The lowest BCUT2D eigenvalue weighted by Crippen LogP contribution is -2.10. The van der Waals surface area contributed by atoms with Crippen molar-refractivity contribution in [1.82, 2.24) is 0 Å². The standard InChI is InChI=1S/C17H19NO3/c1-10-7-8-14(16(19)9-10)12(3)18-15-6-4-5-13(11(15)2)17(20)21/h4-9,12,18-19H,1-3H3,(H,20,21). The summed E-state index contributed by atoms with van der Waals surface area (Å²) in [6.45, 7) is 5.62. The minimum absolute atomic E-state index is 0.131. The Morgan fingerprint density at radius 3 is 2.52 bits per heavy atom. The van der Waals surface area contributed by atoms with Crippen molar-refractivity contribution >= 4 is 11.7 Å². The zero-order valence-corrected chi connectivity index (χ0v) is 12.3. The van der Waals surface area contributed by atoms with Crippen molar-refractivity contribution in [3.8, 4) is 5.75 Å². The van der Waals surface area contributed by atoms with Crippen molar-refractivity contribution in [2.45, 2.75) is 26.8 Å². The first-order valence-electron chi connectivity index (χ1n) is 6.79. The second-order valence-corrected chi connectivity index (χ2v) is 5.21. The number of aryl methyl sites for hydroxylation is 1. The Morgan fingerprint density at radius 2 is 1.90 bits per heavy atom. The third-order valence-corrected chi connectivity index (χ3v) is 3.59. The van der Waals surface area contributed by atoms with Crippen LogP contribution in [0.4, 0.5) is 5.69 Å². The van der Waals surface area contributed by atoms with Crippen LogP contribution in [0, 0.1) is 13.8 Å². The molecule has 0 spiro atoms. The number of aromatic carboxylic acids is 1. The number of carboxylic acids is 1. The zero-order chi connectivity index (χ0) is 15.6. The largest absolute Gasteiger partial charge is 0.508 e. The average molecular weight is 285 g/mol. The van der Waals surface area contributed by atoms with Crippen LogP contribution in [0.3, 0.4) is 0 Å². The highest BCUT2D eigenvalue weighted by atomic mass is 16.4. The maximum absolute atomic E-state index is 11.2. The highest BCUT2D eigenvalue weighted by Gasteiger charge is 2.14. The predicted molar refractivity (Wildman–Crippen MR) is 83.0 cm³/mol. The summed E-state index contributed by atoms with van der Waals surface area (Å²) < 4.78 is 0. The normalized spacial score (nSPS) is 12.0. The van der Waals surface area contributed by atoms with E-state index in [4.69, 9.17) is 5.11 Å². The van der Waals surface area contributed by atoms with Crippen LogP contribution in [-0.2, 0) is 0 Å². The molecule has 1 atom stereocenters. The van der Waals surface area contributed by atoms with Gasteiger partial charge >= 0.3 is 5.97 Å². The van der Waals surface area contributed by atoms with E-state index < -0.39 is 5.97 Å². The minimum atomic E-state index is -0.943. The maximum atomic E-state index is 11.2. The van der Waals surface area contributed by atoms with Crippen LogP contribution in [0.2, 0.25) is 0 Å². The molecule has 2 aromatic rings. The molecule has 0 saturated carbocycles. The molecule has 4 heteroatoms. The Balaban J connectivity index is 2.29. The zero-order valence-electron chi connectivity index (χ0n) is 12.3. The van der Waals surface area contributed by atoms with Gasteiger partial charge in [-0.05, 0) is 50.1 Å². The van der Waals surface area contributed by atoms with E-state index in [1.807, 2.05) is 32.0 Å². The summed E-state index contributed by atoms with van der Waals surface area (Å²) in [4.78, 5) is 11.2. The Hall–Kier alpha value is -2.49. The van der Waals surface area contributed by atoms with Crippen molar-refractivity contribution in [1.29, 1.82) is 0 Å². The molecule has 0 aliphatic carbocycles. The van der Waals surface area contributed by atoms with Crippen LogP contribution in [0.15, 0.2) is 36.4 Å². The second-order valence-electron chi connectivity index (χ2n) is 5.21. The summed E-state index contributed by atoms with van der Waals surface area (Å²) in [6.07, 6.45) is 0. The highest BCUT2D eigenvalue weighted by Crippen LogP contribution is 2.29. The Morgan fingerprint density at radius 1 is 1.19 bits per heavy atom.